The predicted molar refractivity (Wildman–Crippen MR) is 111 cm³/mol. The Morgan fingerprint density at radius 3 is 2.59 bits per heavy atom. The summed E-state index contributed by atoms with van der Waals surface area (Å²) in [6.45, 7) is 6.67. The Morgan fingerprint density at radius 2 is 1.97 bits per heavy atom. The molecular weight excluding hydrogens is 390 g/mol. The number of carbonyl (C=O) groups excluding carboxylic acids is 1. The number of H-pyrrole nitrogens is 1. The number of carbonyl (C=O) groups is 1. The Hall–Kier alpha value is -2.35. The first-order chi connectivity index (χ1) is 13.6. The molecule has 7 nitrogen and oxygen atoms in total. The van der Waals surface area contributed by atoms with Crippen molar-refractivity contribution in [1.29, 1.82) is 0 Å². The zero-order valence-electron chi connectivity index (χ0n) is 17.4. The molecule has 1 aliphatic carbocycles. The van der Waals surface area contributed by atoms with Crippen LogP contribution in [0.5, 0.6) is 5.75 Å². The van der Waals surface area contributed by atoms with E-state index in [9.17, 15) is 13.2 Å². The monoisotopic (exact) mass is 419 g/mol. The topological polar surface area (TPSA) is 101 Å². The normalized spacial score (nSPS) is 16.9. The van der Waals surface area contributed by atoms with E-state index in [4.69, 9.17) is 4.74 Å². The SMILES string of the molecule is COc1ccc(S(=O)(=O)CCNC(=O)c2n[nH]c3c2CC(C(C)(C)C)CC3)cc1. The Balaban J connectivity index is 1.62. The van der Waals surface area contributed by atoms with E-state index < -0.39 is 9.84 Å². The number of benzene rings is 1. The Labute approximate surface area is 172 Å². The second kappa shape index (κ2) is 8.18. The molecule has 1 aromatic heterocycles. The maximum Gasteiger partial charge on any atom is 0.272 e. The lowest BCUT2D eigenvalue weighted by Crippen LogP contribution is -2.32. The van der Waals surface area contributed by atoms with Crippen LogP contribution in [0, 0.1) is 11.3 Å². The van der Waals surface area contributed by atoms with Crippen LogP contribution >= 0.6 is 0 Å². The maximum absolute atomic E-state index is 12.6. The van der Waals surface area contributed by atoms with Crippen molar-refractivity contribution in [2.75, 3.05) is 19.4 Å². The zero-order chi connectivity index (χ0) is 21.2. The van der Waals surface area contributed by atoms with Crippen molar-refractivity contribution >= 4 is 15.7 Å². The van der Waals surface area contributed by atoms with Gasteiger partial charge >= 0.3 is 0 Å². The zero-order valence-corrected chi connectivity index (χ0v) is 18.2. The highest BCUT2D eigenvalue weighted by atomic mass is 32.2. The summed E-state index contributed by atoms with van der Waals surface area (Å²) in [5.74, 6) is 0.563. The Kier molecular flexibility index (Phi) is 6.03. The highest BCUT2D eigenvalue weighted by Crippen LogP contribution is 2.37. The van der Waals surface area contributed by atoms with Crippen molar-refractivity contribution in [2.45, 2.75) is 44.9 Å². The van der Waals surface area contributed by atoms with E-state index in [1.54, 1.807) is 12.1 Å². The van der Waals surface area contributed by atoms with Gasteiger partial charge in [-0.25, -0.2) is 8.42 Å². The third-order valence-corrected chi connectivity index (χ3v) is 7.39. The number of amides is 1. The molecular formula is C21H29N3O4S. The summed E-state index contributed by atoms with van der Waals surface area (Å²) in [4.78, 5) is 12.8. The van der Waals surface area contributed by atoms with Crippen molar-refractivity contribution in [3.63, 3.8) is 0 Å². The number of nitrogens with zero attached hydrogens (tertiary/aromatic N) is 1. The molecule has 1 heterocycles. The minimum Gasteiger partial charge on any atom is -0.497 e. The molecule has 0 spiro atoms. The third kappa shape index (κ3) is 4.80. The summed E-state index contributed by atoms with van der Waals surface area (Å²) in [6.07, 6.45) is 2.76. The highest BCUT2D eigenvalue weighted by Gasteiger charge is 2.32. The summed E-state index contributed by atoms with van der Waals surface area (Å²) in [6, 6.07) is 6.22. The quantitative estimate of drug-likeness (QED) is 0.750. The Morgan fingerprint density at radius 1 is 1.28 bits per heavy atom. The average Bonchev–Trinajstić information content (AvgIpc) is 3.10. The Bertz CT molecular complexity index is 972. The van der Waals surface area contributed by atoms with Gasteiger partial charge in [-0.3, -0.25) is 9.89 Å². The van der Waals surface area contributed by atoms with Gasteiger partial charge in [-0.2, -0.15) is 5.10 Å². The van der Waals surface area contributed by atoms with Gasteiger partial charge in [0.25, 0.3) is 5.91 Å². The molecule has 0 fully saturated rings. The summed E-state index contributed by atoms with van der Waals surface area (Å²) in [5, 5.41) is 9.90. The standard InChI is InChI=1S/C21H29N3O4S/c1-21(2,3)14-5-10-18-17(13-14)19(24-23-18)20(25)22-11-12-29(26,27)16-8-6-15(28-4)7-9-16/h6-9,14H,5,10-13H2,1-4H3,(H,22,25)(H,23,24). The number of fused-ring (bicyclic) bond motifs is 1. The number of aryl methyl sites for hydroxylation is 1. The minimum absolute atomic E-state index is 0.0253. The second-order valence-corrected chi connectivity index (χ2v) is 10.7. The van der Waals surface area contributed by atoms with Gasteiger partial charge in [0, 0.05) is 17.8 Å². The minimum atomic E-state index is -3.49. The van der Waals surface area contributed by atoms with Crippen LogP contribution in [0.1, 0.15) is 48.9 Å². The van der Waals surface area contributed by atoms with Crippen molar-refractivity contribution < 1.29 is 17.9 Å². The van der Waals surface area contributed by atoms with E-state index in [2.05, 4.69) is 36.3 Å². The molecule has 8 heteroatoms. The third-order valence-electron chi connectivity index (χ3n) is 5.66. The number of methoxy groups -OCH3 is 1. The van der Waals surface area contributed by atoms with Gasteiger partial charge in [-0.05, 0) is 54.9 Å². The van der Waals surface area contributed by atoms with Gasteiger partial charge in [-0.1, -0.05) is 20.8 Å². The molecule has 1 aliphatic rings. The molecule has 0 bridgehead atoms. The van der Waals surface area contributed by atoms with E-state index in [1.165, 1.54) is 19.2 Å². The largest absolute Gasteiger partial charge is 0.497 e. The first-order valence-electron chi connectivity index (χ1n) is 9.83. The number of aromatic nitrogens is 2. The molecule has 0 aliphatic heterocycles. The molecule has 158 valence electrons. The van der Waals surface area contributed by atoms with Crippen molar-refractivity contribution in [3.05, 3.63) is 41.2 Å². The number of nitrogens with one attached hydrogen (secondary N) is 2. The fourth-order valence-corrected chi connectivity index (χ4v) is 4.86. The van der Waals surface area contributed by atoms with Crippen LogP contribution in [0.4, 0.5) is 0 Å². The van der Waals surface area contributed by atoms with Gasteiger partial charge in [0.1, 0.15) is 5.75 Å². The number of hydrogen-bond acceptors (Lipinski definition) is 5. The fourth-order valence-electron chi connectivity index (χ4n) is 3.71. The van der Waals surface area contributed by atoms with Gasteiger partial charge in [-0.15, -0.1) is 0 Å². The van der Waals surface area contributed by atoms with E-state index >= 15 is 0 Å². The van der Waals surface area contributed by atoms with Crippen LogP contribution in [0.15, 0.2) is 29.2 Å². The maximum atomic E-state index is 12.6. The second-order valence-electron chi connectivity index (χ2n) is 8.59. The molecule has 1 amide bonds. The van der Waals surface area contributed by atoms with Gasteiger partial charge < -0.3 is 10.1 Å². The van der Waals surface area contributed by atoms with Crippen LogP contribution in [-0.2, 0) is 22.7 Å². The lowest BCUT2D eigenvalue weighted by Gasteiger charge is -2.33. The van der Waals surface area contributed by atoms with Crippen LogP contribution in [0.25, 0.3) is 0 Å². The predicted octanol–water partition coefficient (Wildman–Crippen LogP) is 2.77. The van der Waals surface area contributed by atoms with Gasteiger partial charge in [0.05, 0.1) is 17.8 Å². The van der Waals surface area contributed by atoms with E-state index in [0.717, 1.165) is 30.5 Å². The molecule has 2 N–H and O–H groups in total. The van der Waals surface area contributed by atoms with Gasteiger partial charge in [0.15, 0.2) is 15.5 Å². The average molecular weight is 420 g/mol. The highest BCUT2D eigenvalue weighted by molar-refractivity contribution is 7.91. The molecule has 1 atom stereocenters. The van der Waals surface area contributed by atoms with Crippen LogP contribution in [0.2, 0.25) is 0 Å². The number of aromatic amines is 1. The lowest BCUT2D eigenvalue weighted by molar-refractivity contribution is 0.0949. The van der Waals surface area contributed by atoms with Crippen molar-refractivity contribution in [1.82, 2.24) is 15.5 Å². The van der Waals surface area contributed by atoms with Crippen molar-refractivity contribution in [2.24, 2.45) is 11.3 Å². The summed E-state index contributed by atoms with van der Waals surface area (Å²) in [7, 11) is -1.97. The molecule has 0 saturated heterocycles. The van der Waals surface area contributed by atoms with Crippen LogP contribution in [-0.4, -0.2) is 43.9 Å². The summed E-state index contributed by atoms with van der Waals surface area (Å²) < 4.78 is 30.0. The van der Waals surface area contributed by atoms with E-state index in [0.29, 0.717) is 17.4 Å². The van der Waals surface area contributed by atoms with Gasteiger partial charge in [0.2, 0.25) is 0 Å². The number of ether oxygens (including phenoxy) is 1. The summed E-state index contributed by atoms with van der Waals surface area (Å²) in [5.41, 5.74) is 2.53. The molecule has 1 aromatic carbocycles. The molecule has 29 heavy (non-hydrogen) atoms. The smallest absolute Gasteiger partial charge is 0.272 e. The van der Waals surface area contributed by atoms with Crippen LogP contribution in [0.3, 0.4) is 0 Å². The van der Waals surface area contributed by atoms with E-state index in [-0.39, 0.29) is 28.5 Å². The fraction of sp³-hybridized carbons (Fsp3) is 0.524. The number of hydrogen-bond donors (Lipinski definition) is 2. The molecule has 1 unspecified atom stereocenters. The van der Waals surface area contributed by atoms with Crippen molar-refractivity contribution in [3.8, 4) is 5.75 Å². The summed E-state index contributed by atoms with van der Waals surface area (Å²) >= 11 is 0. The number of sulfone groups is 1. The number of rotatable bonds is 6. The molecule has 3 rings (SSSR count). The first kappa shape index (κ1) is 21.4. The van der Waals surface area contributed by atoms with Crippen LogP contribution < -0.4 is 10.1 Å². The molecule has 2 aromatic rings. The molecule has 0 radical (unpaired) electrons. The first-order valence-corrected chi connectivity index (χ1v) is 11.5. The lowest BCUT2D eigenvalue weighted by atomic mass is 9.71. The van der Waals surface area contributed by atoms with E-state index in [1.807, 2.05) is 0 Å². The molecule has 0 saturated carbocycles.